The molecule has 2 saturated heterocycles. The van der Waals surface area contributed by atoms with Crippen LogP contribution in [0.3, 0.4) is 0 Å². The molecule has 2 atom stereocenters. The van der Waals surface area contributed by atoms with Gasteiger partial charge in [-0.25, -0.2) is 4.98 Å². The first-order chi connectivity index (χ1) is 14.3. The Morgan fingerprint density at radius 1 is 1.17 bits per heavy atom. The fourth-order valence-corrected chi connectivity index (χ4v) is 4.03. The van der Waals surface area contributed by atoms with Crippen molar-refractivity contribution < 1.29 is 14.3 Å². The number of anilines is 1. The van der Waals surface area contributed by atoms with E-state index in [9.17, 15) is 4.79 Å². The van der Waals surface area contributed by atoms with E-state index in [4.69, 9.17) is 9.47 Å². The molecule has 4 heterocycles. The van der Waals surface area contributed by atoms with E-state index in [1.807, 2.05) is 29.3 Å². The third-order valence-electron chi connectivity index (χ3n) is 5.46. The Morgan fingerprint density at radius 2 is 2.00 bits per heavy atom. The molecule has 0 bridgehead atoms. The molecule has 2 aromatic heterocycles. The van der Waals surface area contributed by atoms with Gasteiger partial charge >= 0.3 is 0 Å². The summed E-state index contributed by atoms with van der Waals surface area (Å²) in [6.45, 7) is 4.99. The molecular weight excluding hydrogens is 370 g/mol. The van der Waals surface area contributed by atoms with Gasteiger partial charge in [-0.1, -0.05) is 6.07 Å². The van der Waals surface area contributed by atoms with E-state index in [1.165, 1.54) is 0 Å². The number of nitrogens with zero attached hydrogens (tertiary/aromatic N) is 4. The predicted molar refractivity (Wildman–Crippen MR) is 109 cm³/mol. The van der Waals surface area contributed by atoms with Gasteiger partial charge in [-0.15, -0.1) is 0 Å². The number of carbonyl (C=O) groups excluding carboxylic acids is 1. The minimum absolute atomic E-state index is 0.0495. The highest BCUT2D eigenvalue weighted by molar-refractivity contribution is 5.99. The van der Waals surface area contributed by atoms with Gasteiger partial charge in [-0.05, 0) is 23.8 Å². The molecule has 0 unspecified atom stereocenters. The van der Waals surface area contributed by atoms with E-state index in [2.05, 4.69) is 20.2 Å². The lowest BCUT2D eigenvalue weighted by Gasteiger charge is -2.43. The molecule has 0 saturated carbocycles. The van der Waals surface area contributed by atoms with Crippen LogP contribution >= 0.6 is 0 Å². The van der Waals surface area contributed by atoms with Gasteiger partial charge in [0.1, 0.15) is 5.82 Å². The number of rotatable bonds is 5. The Kier molecular flexibility index (Phi) is 6.33. The van der Waals surface area contributed by atoms with Crippen LogP contribution in [0.4, 0.5) is 5.82 Å². The molecule has 2 aromatic rings. The number of aromatic nitrogens is 2. The van der Waals surface area contributed by atoms with Crippen molar-refractivity contribution in [2.75, 3.05) is 58.4 Å². The SMILES string of the molecule is CNc1ncccc1C(=O)N1CCO[C@@H](CN2CCOCC2)[C@@H]1c1cccnc1. The number of hydrogen-bond acceptors (Lipinski definition) is 7. The van der Waals surface area contributed by atoms with Gasteiger partial charge in [-0.3, -0.25) is 14.7 Å². The normalized spacial score (nSPS) is 23.0. The van der Waals surface area contributed by atoms with Crippen molar-refractivity contribution in [3.63, 3.8) is 0 Å². The van der Waals surface area contributed by atoms with Crippen LogP contribution < -0.4 is 5.32 Å². The summed E-state index contributed by atoms with van der Waals surface area (Å²) in [4.78, 5) is 26.4. The highest BCUT2D eigenvalue weighted by Gasteiger charge is 2.38. The maximum absolute atomic E-state index is 13.5. The molecule has 8 nitrogen and oxygen atoms in total. The first-order valence-corrected chi connectivity index (χ1v) is 10.0. The summed E-state index contributed by atoms with van der Waals surface area (Å²) >= 11 is 0. The van der Waals surface area contributed by atoms with Crippen LogP contribution in [0.2, 0.25) is 0 Å². The summed E-state index contributed by atoms with van der Waals surface area (Å²) in [6, 6.07) is 7.31. The molecule has 1 N–H and O–H groups in total. The molecule has 2 aliphatic rings. The van der Waals surface area contributed by atoms with Gasteiger partial charge < -0.3 is 19.7 Å². The van der Waals surface area contributed by atoms with Crippen LogP contribution in [0.25, 0.3) is 0 Å². The van der Waals surface area contributed by atoms with Crippen LogP contribution in [0.5, 0.6) is 0 Å². The summed E-state index contributed by atoms with van der Waals surface area (Å²) in [5.74, 6) is 0.533. The number of carbonyl (C=O) groups is 1. The van der Waals surface area contributed by atoms with Crippen molar-refractivity contribution in [1.29, 1.82) is 0 Å². The smallest absolute Gasteiger partial charge is 0.258 e. The maximum Gasteiger partial charge on any atom is 0.258 e. The Hall–Kier alpha value is -2.55. The first-order valence-electron chi connectivity index (χ1n) is 10.0. The third-order valence-corrected chi connectivity index (χ3v) is 5.46. The van der Waals surface area contributed by atoms with E-state index < -0.39 is 0 Å². The summed E-state index contributed by atoms with van der Waals surface area (Å²) in [5, 5.41) is 3.02. The Labute approximate surface area is 170 Å². The van der Waals surface area contributed by atoms with Crippen molar-refractivity contribution in [2.45, 2.75) is 12.1 Å². The van der Waals surface area contributed by atoms with Crippen molar-refractivity contribution in [1.82, 2.24) is 19.8 Å². The van der Waals surface area contributed by atoms with E-state index in [-0.39, 0.29) is 18.1 Å². The zero-order chi connectivity index (χ0) is 20.1. The van der Waals surface area contributed by atoms with E-state index in [0.29, 0.717) is 24.5 Å². The molecule has 8 heteroatoms. The van der Waals surface area contributed by atoms with Crippen LogP contribution in [-0.2, 0) is 9.47 Å². The number of ether oxygens (including phenoxy) is 2. The average molecular weight is 397 g/mol. The molecule has 0 spiro atoms. The number of amides is 1. The largest absolute Gasteiger partial charge is 0.379 e. The van der Waals surface area contributed by atoms with Gasteiger partial charge in [0.05, 0.1) is 37.5 Å². The molecule has 29 heavy (non-hydrogen) atoms. The molecule has 2 fully saturated rings. The highest BCUT2D eigenvalue weighted by atomic mass is 16.5. The summed E-state index contributed by atoms with van der Waals surface area (Å²) in [5.41, 5.74) is 1.55. The second-order valence-electron chi connectivity index (χ2n) is 7.20. The fraction of sp³-hybridized carbons (Fsp3) is 0.476. The monoisotopic (exact) mass is 397 g/mol. The van der Waals surface area contributed by atoms with Gasteiger partial charge in [0.15, 0.2) is 0 Å². The molecule has 0 aromatic carbocycles. The zero-order valence-corrected chi connectivity index (χ0v) is 16.7. The third kappa shape index (κ3) is 4.39. The van der Waals surface area contributed by atoms with Crippen LogP contribution in [-0.4, -0.2) is 84.8 Å². The van der Waals surface area contributed by atoms with Crippen LogP contribution in [0, 0.1) is 0 Å². The highest BCUT2D eigenvalue weighted by Crippen LogP contribution is 2.32. The van der Waals surface area contributed by atoms with Crippen molar-refractivity contribution in [3.05, 3.63) is 54.0 Å². The summed E-state index contributed by atoms with van der Waals surface area (Å²) in [7, 11) is 1.78. The van der Waals surface area contributed by atoms with Crippen molar-refractivity contribution in [3.8, 4) is 0 Å². The second kappa shape index (κ2) is 9.30. The maximum atomic E-state index is 13.5. The minimum atomic E-state index is -0.210. The number of nitrogens with one attached hydrogen (secondary N) is 1. The lowest BCUT2D eigenvalue weighted by Crippen LogP contribution is -2.53. The molecule has 154 valence electrons. The van der Waals surface area contributed by atoms with Crippen LogP contribution in [0.1, 0.15) is 22.0 Å². The molecule has 0 aliphatic carbocycles. The molecular formula is C21H27N5O3. The van der Waals surface area contributed by atoms with Gasteiger partial charge in [0.25, 0.3) is 5.91 Å². The topological polar surface area (TPSA) is 79.8 Å². The minimum Gasteiger partial charge on any atom is -0.379 e. The second-order valence-corrected chi connectivity index (χ2v) is 7.20. The first kappa shape index (κ1) is 19.8. The quantitative estimate of drug-likeness (QED) is 0.818. The number of morpholine rings is 2. The Morgan fingerprint density at radius 3 is 2.76 bits per heavy atom. The van der Waals surface area contributed by atoms with E-state index in [1.54, 1.807) is 25.5 Å². The Balaban J connectivity index is 1.64. The Bertz CT molecular complexity index is 813. The molecule has 1 amide bonds. The predicted octanol–water partition coefficient (Wildman–Crippen LogP) is 1.43. The van der Waals surface area contributed by atoms with Crippen molar-refractivity contribution >= 4 is 11.7 Å². The average Bonchev–Trinajstić information content (AvgIpc) is 2.79. The molecule has 4 rings (SSSR count). The van der Waals surface area contributed by atoms with Gasteiger partial charge in [0, 0.05) is 51.8 Å². The zero-order valence-electron chi connectivity index (χ0n) is 16.7. The fourth-order valence-electron chi connectivity index (χ4n) is 4.03. The van der Waals surface area contributed by atoms with Crippen molar-refractivity contribution in [2.24, 2.45) is 0 Å². The van der Waals surface area contributed by atoms with E-state index in [0.717, 1.165) is 38.4 Å². The standard InChI is InChI=1S/C21H27N5O3/c1-22-20-17(5-3-7-24-20)21(27)26-10-13-29-18(15-25-8-11-28-12-9-25)19(26)16-4-2-6-23-14-16/h2-7,14,18-19H,8-13,15H2,1H3,(H,22,24)/t18-,19-/m0/s1. The van der Waals surface area contributed by atoms with Gasteiger partial charge in [-0.2, -0.15) is 0 Å². The van der Waals surface area contributed by atoms with Gasteiger partial charge in [0.2, 0.25) is 0 Å². The van der Waals surface area contributed by atoms with Crippen LogP contribution in [0.15, 0.2) is 42.9 Å². The number of pyridine rings is 2. The number of hydrogen-bond donors (Lipinski definition) is 1. The lowest BCUT2D eigenvalue weighted by atomic mass is 9.97. The molecule has 0 radical (unpaired) electrons. The lowest BCUT2D eigenvalue weighted by molar-refractivity contribution is -0.0819. The van der Waals surface area contributed by atoms with E-state index >= 15 is 0 Å². The summed E-state index contributed by atoms with van der Waals surface area (Å²) in [6.07, 6.45) is 5.12. The summed E-state index contributed by atoms with van der Waals surface area (Å²) < 4.78 is 11.7. The molecule has 2 aliphatic heterocycles.